The van der Waals surface area contributed by atoms with Gasteiger partial charge in [0, 0.05) is 19.1 Å². The number of likely N-dealkylation sites (tertiary alicyclic amines) is 1. The van der Waals surface area contributed by atoms with Gasteiger partial charge in [0.1, 0.15) is 5.75 Å². The van der Waals surface area contributed by atoms with Gasteiger partial charge in [-0.2, -0.15) is 0 Å². The third-order valence-electron chi connectivity index (χ3n) is 4.45. The Hall–Kier alpha value is -1.55. The van der Waals surface area contributed by atoms with Crippen LogP contribution >= 0.6 is 0 Å². The quantitative estimate of drug-likeness (QED) is 0.822. The molecular formula is C18H28N2O2. The highest BCUT2D eigenvalue weighted by Gasteiger charge is 2.17. The Balaban J connectivity index is 1.79. The van der Waals surface area contributed by atoms with Crippen molar-refractivity contribution >= 4 is 5.91 Å². The van der Waals surface area contributed by atoms with Gasteiger partial charge in [-0.05, 0) is 51.8 Å². The van der Waals surface area contributed by atoms with E-state index in [0.717, 1.165) is 18.5 Å². The predicted octanol–water partition coefficient (Wildman–Crippen LogP) is 3.00. The average Bonchev–Trinajstić information content (AvgIpc) is 2.52. The maximum atomic E-state index is 12.3. The molecule has 4 heteroatoms. The molecule has 0 aliphatic carbocycles. The zero-order chi connectivity index (χ0) is 15.9. The van der Waals surface area contributed by atoms with Crippen LogP contribution in [0.1, 0.15) is 48.5 Å². The number of carbonyl (C=O) groups is 1. The highest BCUT2D eigenvalue weighted by Crippen LogP contribution is 2.19. The summed E-state index contributed by atoms with van der Waals surface area (Å²) in [5, 5.41) is 3.01. The molecule has 0 radical (unpaired) electrons. The molecule has 0 aromatic heterocycles. The Morgan fingerprint density at radius 1 is 1.41 bits per heavy atom. The summed E-state index contributed by atoms with van der Waals surface area (Å²) < 4.78 is 5.27. The van der Waals surface area contributed by atoms with Crippen LogP contribution in [0.3, 0.4) is 0 Å². The molecular weight excluding hydrogens is 276 g/mol. The van der Waals surface area contributed by atoms with Crippen LogP contribution in [0.25, 0.3) is 0 Å². The summed E-state index contributed by atoms with van der Waals surface area (Å²) in [4.78, 5) is 14.8. The number of piperidine rings is 1. The summed E-state index contributed by atoms with van der Waals surface area (Å²) in [5.74, 6) is 0.583. The van der Waals surface area contributed by atoms with Gasteiger partial charge in [-0.25, -0.2) is 0 Å². The maximum absolute atomic E-state index is 12.3. The van der Waals surface area contributed by atoms with Crippen LogP contribution in [0.4, 0.5) is 0 Å². The number of rotatable bonds is 6. The molecule has 1 aliphatic rings. The fourth-order valence-electron chi connectivity index (χ4n) is 3.07. The van der Waals surface area contributed by atoms with Crippen LogP contribution in [0.5, 0.6) is 5.75 Å². The van der Waals surface area contributed by atoms with Crippen molar-refractivity contribution in [2.24, 2.45) is 0 Å². The van der Waals surface area contributed by atoms with E-state index in [0.29, 0.717) is 23.9 Å². The summed E-state index contributed by atoms with van der Waals surface area (Å²) in [6, 6.07) is 6.36. The first kappa shape index (κ1) is 16.8. The van der Waals surface area contributed by atoms with Gasteiger partial charge in [-0.1, -0.05) is 18.1 Å². The fourth-order valence-corrected chi connectivity index (χ4v) is 3.07. The molecule has 22 heavy (non-hydrogen) atoms. The number of nitrogens with one attached hydrogen (secondary N) is 1. The minimum Gasteiger partial charge on any atom is -0.496 e. The van der Waals surface area contributed by atoms with Gasteiger partial charge in [0.2, 0.25) is 0 Å². The van der Waals surface area contributed by atoms with Gasteiger partial charge in [0.15, 0.2) is 0 Å². The van der Waals surface area contributed by atoms with E-state index < -0.39 is 0 Å². The van der Waals surface area contributed by atoms with Crippen LogP contribution in [0.15, 0.2) is 18.2 Å². The number of hydrogen-bond donors (Lipinski definition) is 1. The maximum Gasteiger partial charge on any atom is 0.255 e. The molecule has 1 atom stereocenters. The van der Waals surface area contributed by atoms with Crippen molar-refractivity contribution in [2.45, 2.75) is 45.6 Å². The molecule has 0 spiro atoms. The summed E-state index contributed by atoms with van der Waals surface area (Å²) in [5.41, 5.74) is 1.68. The number of methoxy groups -OCH3 is 1. The van der Waals surface area contributed by atoms with Crippen LogP contribution in [-0.2, 0) is 0 Å². The Morgan fingerprint density at radius 3 is 2.95 bits per heavy atom. The van der Waals surface area contributed by atoms with Crippen molar-refractivity contribution in [3.8, 4) is 5.75 Å². The zero-order valence-corrected chi connectivity index (χ0v) is 14.0. The van der Waals surface area contributed by atoms with Crippen LogP contribution in [0, 0.1) is 6.92 Å². The average molecular weight is 304 g/mol. The van der Waals surface area contributed by atoms with E-state index in [1.165, 1.54) is 25.8 Å². The first-order valence-corrected chi connectivity index (χ1v) is 8.28. The van der Waals surface area contributed by atoms with E-state index in [4.69, 9.17) is 4.74 Å². The van der Waals surface area contributed by atoms with E-state index >= 15 is 0 Å². The smallest absolute Gasteiger partial charge is 0.255 e. The molecule has 0 bridgehead atoms. The summed E-state index contributed by atoms with van der Waals surface area (Å²) in [6.07, 6.45) is 4.94. The molecule has 1 aromatic rings. The van der Waals surface area contributed by atoms with Crippen LogP contribution in [-0.4, -0.2) is 43.6 Å². The lowest BCUT2D eigenvalue weighted by Gasteiger charge is -2.33. The SMILES string of the molecule is COc1ccc(C)cc1C(=O)NCCCN1CCCC[C@@H]1C. The lowest BCUT2D eigenvalue weighted by molar-refractivity contribution is 0.0946. The van der Waals surface area contributed by atoms with E-state index in [-0.39, 0.29) is 5.91 Å². The number of hydrogen-bond acceptors (Lipinski definition) is 3. The van der Waals surface area contributed by atoms with Crippen molar-refractivity contribution in [1.82, 2.24) is 10.2 Å². The van der Waals surface area contributed by atoms with Gasteiger partial charge in [-0.15, -0.1) is 0 Å². The fraction of sp³-hybridized carbons (Fsp3) is 0.611. The Kier molecular flexibility index (Phi) is 6.25. The van der Waals surface area contributed by atoms with E-state index in [9.17, 15) is 4.79 Å². The molecule has 0 saturated carbocycles. The van der Waals surface area contributed by atoms with Crippen molar-refractivity contribution in [1.29, 1.82) is 0 Å². The second kappa shape index (κ2) is 8.18. The van der Waals surface area contributed by atoms with E-state index in [1.54, 1.807) is 7.11 Å². The molecule has 1 saturated heterocycles. The van der Waals surface area contributed by atoms with Crippen LogP contribution < -0.4 is 10.1 Å². The van der Waals surface area contributed by atoms with Crippen molar-refractivity contribution in [3.05, 3.63) is 29.3 Å². The summed E-state index contributed by atoms with van der Waals surface area (Å²) in [7, 11) is 1.60. The number of benzene rings is 1. The molecule has 1 N–H and O–H groups in total. The number of amides is 1. The highest BCUT2D eigenvalue weighted by atomic mass is 16.5. The minimum absolute atomic E-state index is 0.0488. The molecule has 4 nitrogen and oxygen atoms in total. The molecule has 1 aromatic carbocycles. The number of aryl methyl sites for hydroxylation is 1. The lowest BCUT2D eigenvalue weighted by atomic mass is 10.0. The van der Waals surface area contributed by atoms with Gasteiger partial charge >= 0.3 is 0 Å². The molecule has 1 fully saturated rings. The molecule has 1 heterocycles. The second-order valence-electron chi connectivity index (χ2n) is 6.19. The standard InChI is InChI=1S/C18H28N2O2/c1-14-8-9-17(22-3)16(13-14)18(21)19-10-6-12-20-11-5-4-7-15(20)2/h8-9,13,15H,4-7,10-12H2,1-3H3,(H,19,21)/t15-/m0/s1. The lowest BCUT2D eigenvalue weighted by Crippen LogP contribution is -2.39. The predicted molar refractivity (Wildman–Crippen MR) is 89.6 cm³/mol. The van der Waals surface area contributed by atoms with Crippen molar-refractivity contribution in [2.75, 3.05) is 26.7 Å². The van der Waals surface area contributed by atoms with E-state index in [2.05, 4.69) is 17.1 Å². The Morgan fingerprint density at radius 2 is 2.23 bits per heavy atom. The normalized spacial score (nSPS) is 19.0. The summed E-state index contributed by atoms with van der Waals surface area (Å²) in [6.45, 7) is 7.25. The molecule has 122 valence electrons. The summed E-state index contributed by atoms with van der Waals surface area (Å²) >= 11 is 0. The third-order valence-corrected chi connectivity index (χ3v) is 4.45. The molecule has 1 amide bonds. The van der Waals surface area contributed by atoms with Gasteiger partial charge in [-0.3, -0.25) is 4.79 Å². The third kappa shape index (κ3) is 4.47. The van der Waals surface area contributed by atoms with Crippen molar-refractivity contribution in [3.63, 3.8) is 0 Å². The highest BCUT2D eigenvalue weighted by molar-refractivity contribution is 5.97. The molecule has 2 rings (SSSR count). The zero-order valence-electron chi connectivity index (χ0n) is 14.0. The van der Waals surface area contributed by atoms with Gasteiger partial charge in [0.05, 0.1) is 12.7 Å². The van der Waals surface area contributed by atoms with Gasteiger partial charge < -0.3 is 15.0 Å². The number of ether oxygens (including phenoxy) is 1. The molecule has 0 unspecified atom stereocenters. The number of carbonyl (C=O) groups excluding carboxylic acids is 1. The first-order valence-electron chi connectivity index (χ1n) is 8.28. The molecule has 1 aliphatic heterocycles. The van der Waals surface area contributed by atoms with Crippen molar-refractivity contribution < 1.29 is 9.53 Å². The Labute approximate surface area is 133 Å². The van der Waals surface area contributed by atoms with Gasteiger partial charge in [0.25, 0.3) is 5.91 Å². The first-order chi connectivity index (χ1) is 10.6. The topological polar surface area (TPSA) is 41.6 Å². The van der Waals surface area contributed by atoms with E-state index in [1.807, 2.05) is 25.1 Å². The Bertz CT molecular complexity index is 502. The largest absolute Gasteiger partial charge is 0.496 e. The monoisotopic (exact) mass is 304 g/mol. The van der Waals surface area contributed by atoms with Crippen LogP contribution in [0.2, 0.25) is 0 Å². The minimum atomic E-state index is -0.0488. The second-order valence-corrected chi connectivity index (χ2v) is 6.19. The number of nitrogens with zero attached hydrogens (tertiary/aromatic N) is 1.